The molecule has 0 N–H and O–H groups in total. The molecule has 1 atom stereocenters. The minimum atomic E-state index is 0. The lowest BCUT2D eigenvalue weighted by molar-refractivity contribution is 0.149. The Bertz CT molecular complexity index is 633. The van der Waals surface area contributed by atoms with Crippen molar-refractivity contribution in [2.24, 2.45) is 5.92 Å². The molecule has 24 heavy (non-hydrogen) atoms. The van der Waals surface area contributed by atoms with Crippen LogP contribution in [0.4, 0.5) is 0 Å². The number of halogens is 1. The summed E-state index contributed by atoms with van der Waals surface area (Å²) in [5, 5.41) is 0. The van der Waals surface area contributed by atoms with Crippen molar-refractivity contribution < 1.29 is 4.74 Å². The lowest BCUT2D eigenvalue weighted by atomic mass is 9.98. The third-order valence-electron chi connectivity index (χ3n) is 4.75. The van der Waals surface area contributed by atoms with E-state index in [9.17, 15) is 0 Å². The molecule has 1 aliphatic rings. The fourth-order valence-electron chi connectivity index (χ4n) is 3.59. The predicted molar refractivity (Wildman–Crippen MR) is 104 cm³/mol. The maximum atomic E-state index is 6.22. The molecule has 2 aromatic rings. The Morgan fingerprint density at radius 1 is 1.04 bits per heavy atom. The largest absolute Gasteiger partial charge is 0.493 e. The zero-order valence-corrected chi connectivity index (χ0v) is 15.7. The van der Waals surface area contributed by atoms with E-state index in [4.69, 9.17) is 4.74 Å². The fraction of sp³-hybridized carbons (Fsp3) is 0.429. The van der Waals surface area contributed by atoms with Crippen LogP contribution in [0.1, 0.15) is 24.0 Å². The second-order valence-electron chi connectivity index (χ2n) is 6.89. The van der Waals surface area contributed by atoms with Gasteiger partial charge < -0.3 is 9.64 Å². The summed E-state index contributed by atoms with van der Waals surface area (Å²) in [5.41, 5.74) is 4.99. The summed E-state index contributed by atoms with van der Waals surface area (Å²) < 4.78 is 6.22. The van der Waals surface area contributed by atoms with Crippen molar-refractivity contribution in [1.82, 2.24) is 4.90 Å². The van der Waals surface area contributed by atoms with Gasteiger partial charge in [-0.2, -0.15) is 0 Å². The number of aryl methyl sites for hydroxylation is 2. The molecule has 0 aliphatic carbocycles. The van der Waals surface area contributed by atoms with Gasteiger partial charge in [0, 0.05) is 12.5 Å². The molecule has 0 amide bonds. The van der Waals surface area contributed by atoms with Gasteiger partial charge in [0.05, 0.1) is 6.61 Å². The molecular weight excluding hydrogens is 318 g/mol. The van der Waals surface area contributed by atoms with Crippen molar-refractivity contribution >= 4 is 12.4 Å². The SMILES string of the molecule is Cc1cc(-c2ccccc2)cc(C)c1OCC1CCCN(C)C1.Cl. The van der Waals surface area contributed by atoms with Gasteiger partial charge in [-0.15, -0.1) is 12.4 Å². The Hall–Kier alpha value is -1.51. The zero-order valence-electron chi connectivity index (χ0n) is 14.9. The monoisotopic (exact) mass is 345 g/mol. The van der Waals surface area contributed by atoms with Crippen molar-refractivity contribution in [2.75, 3.05) is 26.7 Å². The number of ether oxygens (including phenoxy) is 1. The van der Waals surface area contributed by atoms with E-state index in [1.54, 1.807) is 0 Å². The highest BCUT2D eigenvalue weighted by Crippen LogP contribution is 2.30. The molecule has 0 saturated carbocycles. The highest BCUT2D eigenvalue weighted by atomic mass is 35.5. The molecule has 3 heteroatoms. The van der Waals surface area contributed by atoms with Gasteiger partial charge in [-0.3, -0.25) is 0 Å². The van der Waals surface area contributed by atoms with E-state index in [0.29, 0.717) is 5.92 Å². The van der Waals surface area contributed by atoms with Crippen LogP contribution in [0.25, 0.3) is 11.1 Å². The van der Waals surface area contributed by atoms with E-state index in [1.165, 1.54) is 41.6 Å². The van der Waals surface area contributed by atoms with Crippen LogP contribution in [-0.2, 0) is 0 Å². The van der Waals surface area contributed by atoms with Crippen LogP contribution in [0.15, 0.2) is 42.5 Å². The number of nitrogens with zero attached hydrogens (tertiary/aromatic N) is 1. The van der Waals surface area contributed by atoms with E-state index >= 15 is 0 Å². The second-order valence-corrected chi connectivity index (χ2v) is 6.89. The van der Waals surface area contributed by atoms with Crippen LogP contribution in [0.2, 0.25) is 0 Å². The van der Waals surface area contributed by atoms with Gasteiger partial charge in [0.15, 0.2) is 0 Å². The normalized spacial score (nSPS) is 18.0. The molecule has 130 valence electrons. The van der Waals surface area contributed by atoms with Crippen LogP contribution in [-0.4, -0.2) is 31.6 Å². The molecule has 2 nitrogen and oxygen atoms in total. The van der Waals surface area contributed by atoms with Gasteiger partial charge in [-0.05, 0) is 74.7 Å². The van der Waals surface area contributed by atoms with Crippen molar-refractivity contribution in [2.45, 2.75) is 26.7 Å². The topological polar surface area (TPSA) is 12.5 Å². The van der Waals surface area contributed by atoms with E-state index in [0.717, 1.165) is 18.9 Å². The highest BCUT2D eigenvalue weighted by Gasteiger charge is 2.18. The molecule has 3 rings (SSSR count). The first-order valence-electron chi connectivity index (χ1n) is 8.61. The summed E-state index contributed by atoms with van der Waals surface area (Å²) in [4.78, 5) is 2.41. The predicted octanol–water partition coefficient (Wildman–Crippen LogP) is 5.11. The van der Waals surface area contributed by atoms with Gasteiger partial charge in [0.25, 0.3) is 0 Å². The van der Waals surface area contributed by atoms with Gasteiger partial charge in [-0.25, -0.2) is 0 Å². The van der Waals surface area contributed by atoms with Gasteiger partial charge >= 0.3 is 0 Å². The van der Waals surface area contributed by atoms with Crippen molar-refractivity contribution in [3.05, 3.63) is 53.6 Å². The van der Waals surface area contributed by atoms with E-state index < -0.39 is 0 Å². The Morgan fingerprint density at radius 2 is 1.71 bits per heavy atom. The Labute approximate surface area is 152 Å². The molecular formula is C21H28ClNO. The summed E-state index contributed by atoms with van der Waals surface area (Å²) in [7, 11) is 2.21. The minimum Gasteiger partial charge on any atom is -0.493 e. The van der Waals surface area contributed by atoms with Crippen LogP contribution in [0.3, 0.4) is 0 Å². The summed E-state index contributed by atoms with van der Waals surface area (Å²) in [6, 6.07) is 15.0. The molecule has 2 aromatic carbocycles. The van der Waals surface area contributed by atoms with Crippen molar-refractivity contribution in [3.8, 4) is 16.9 Å². The van der Waals surface area contributed by atoms with Crippen LogP contribution in [0.5, 0.6) is 5.75 Å². The number of rotatable bonds is 4. The number of likely N-dealkylation sites (tertiary alicyclic amines) is 1. The quantitative estimate of drug-likeness (QED) is 0.763. The lowest BCUT2D eigenvalue weighted by Crippen LogP contribution is -2.34. The number of benzene rings is 2. The van der Waals surface area contributed by atoms with Crippen LogP contribution < -0.4 is 4.74 Å². The zero-order chi connectivity index (χ0) is 16.2. The summed E-state index contributed by atoms with van der Waals surface area (Å²) in [6.45, 7) is 7.51. The average molecular weight is 346 g/mol. The molecule has 0 spiro atoms. The minimum absolute atomic E-state index is 0. The smallest absolute Gasteiger partial charge is 0.125 e. The molecule has 0 aromatic heterocycles. The average Bonchev–Trinajstić information content (AvgIpc) is 2.55. The maximum Gasteiger partial charge on any atom is 0.125 e. The fourth-order valence-corrected chi connectivity index (χ4v) is 3.59. The summed E-state index contributed by atoms with van der Waals surface area (Å²) in [5.74, 6) is 1.72. The van der Waals surface area contributed by atoms with Crippen LogP contribution in [0, 0.1) is 19.8 Å². The Kier molecular flexibility index (Phi) is 6.70. The van der Waals surface area contributed by atoms with Crippen molar-refractivity contribution in [3.63, 3.8) is 0 Å². The molecule has 0 bridgehead atoms. The first-order chi connectivity index (χ1) is 11.1. The van der Waals surface area contributed by atoms with E-state index in [-0.39, 0.29) is 12.4 Å². The van der Waals surface area contributed by atoms with Gasteiger partial charge in [-0.1, -0.05) is 30.3 Å². The van der Waals surface area contributed by atoms with E-state index in [1.807, 2.05) is 0 Å². The summed E-state index contributed by atoms with van der Waals surface area (Å²) in [6.07, 6.45) is 2.57. The van der Waals surface area contributed by atoms with E-state index in [2.05, 4.69) is 68.3 Å². The lowest BCUT2D eigenvalue weighted by Gasteiger charge is -2.29. The van der Waals surface area contributed by atoms with Gasteiger partial charge in [0.1, 0.15) is 5.75 Å². The number of hydrogen-bond donors (Lipinski definition) is 0. The number of piperidine rings is 1. The first-order valence-corrected chi connectivity index (χ1v) is 8.61. The standard InChI is InChI=1S/C21H27NO.ClH/c1-16-12-20(19-9-5-4-6-10-19)13-17(2)21(16)23-15-18-8-7-11-22(3)14-18;/h4-6,9-10,12-13,18H,7-8,11,14-15H2,1-3H3;1H. The third kappa shape index (κ3) is 4.52. The molecule has 1 fully saturated rings. The molecule has 1 aliphatic heterocycles. The molecule has 1 saturated heterocycles. The first kappa shape index (κ1) is 18.8. The highest BCUT2D eigenvalue weighted by molar-refractivity contribution is 5.85. The molecule has 1 heterocycles. The summed E-state index contributed by atoms with van der Waals surface area (Å²) >= 11 is 0. The second kappa shape index (κ2) is 8.55. The Balaban J connectivity index is 0.00000208. The molecule has 0 radical (unpaired) electrons. The Morgan fingerprint density at radius 3 is 2.33 bits per heavy atom. The number of hydrogen-bond acceptors (Lipinski definition) is 2. The maximum absolute atomic E-state index is 6.22. The van der Waals surface area contributed by atoms with Gasteiger partial charge in [0.2, 0.25) is 0 Å². The van der Waals surface area contributed by atoms with Crippen LogP contribution >= 0.6 is 12.4 Å². The van der Waals surface area contributed by atoms with Crippen molar-refractivity contribution in [1.29, 1.82) is 0 Å². The third-order valence-corrected chi connectivity index (χ3v) is 4.75. The molecule has 1 unspecified atom stereocenters.